The molecule has 4 heteroatoms. The van der Waals surface area contributed by atoms with Crippen LogP contribution >= 0.6 is 12.4 Å². The van der Waals surface area contributed by atoms with Gasteiger partial charge < -0.3 is 14.8 Å². The first-order valence-corrected chi connectivity index (χ1v) is 7.93. The molecule has 1 aliphatic rings. The maximum atomic E-state index is 5.88. The number of ether oxygens (including phenoxy) is 2. The first-order valence-electron chi connectivity index (χ1n) is 7.93. The molecule has 0 aliphatic carbocycles. The second kappa shape index (κ2) is 9.16. The molecule has 1 fully saturated rings. The monoisotopic (exact) mass is 313 g/mol. The number of benzene rings is 1. The summed E-state index contributed by atoms with van der Waals surface area (Å²) in [4.78, 5) is 0. The van der Waals surface area contributed by atoms with Crippen molar-refractivity contribution in [2.24, 2.45) is 0 Å². The molecule has 1 aliphatic heterocycles. The van der Waals surface area contributed by atoms with Crippen molar-refractivity contribution < 1.29 is 9.47 Å². The summed E-state index contributed by atoms with van der Waals surface area (Å²) in [6.45, 7) is 9.84. The fourth-order valence-corrected chi connectivity index (χ4v) is 2.90. The predicted octanol–water partition coefficient (Wildman–Crippen LogP) is 3.94. The molecule has 0 aromatic heterocycles. The van der Waals surface area contributed by atoms with Gasteiger partial charge in [0.05, 0.1) is 13.2 Å². The number of hydrogen-bond donors (Lipinski definition) is 1. The molecule has 1 atom stereocenters. The van der Waals surface area contributed by atoms with Crippen LogP contribution in [0, 0.1) is 0 Å². The van der Waals surface area contributed by atoms with Crippen molar-refractivity contribution in [2.75, 3.05) is 26.3 Å². The number of rotatable bonds is 6. The van der Waals surface area contributed by atoms with Crippen LogP contribution < -0.4 is 14.8 Å². The summed E-state index contributed by atoms with van der Waals surface area (Å²) in [5, 5.41) is 3.49. The Balaban J connectivity index is 0.00000220. The molecule has 0 bridgehead atoms. The highest BCUT2D eigenvalue weighted by molar-refractivity contribution is 5.85. The third kappa shape index (κ3) is 4.52. The summed E-state index contributed by atoms with van der Waals surface area (Å²) >= 11 is 0. The third-order valence-corrected chi connectivity index (χ3v) is 3.91. The van der Waals surface area contributed by atoms with E-state index in [-0.39, 0.29) is 12.4 Å². The van der Waals surface area contributed by atoms with Gasteiger partial charge in [-0.2, -0.15) is 0 Å². The molecule has 1 aromatic carbocycles. The van der Waals surface area contributed by atoms with Gasteiger partial charge in [-0.25, -0.2) is 0 Å². The average molecular weight is 314 g/mol. The van der Waals surface area contributed by atoms with E-state index in [1.165, 1.54) is 24.0 Å². The fourth-order valence-electron chi connectivity index (χ4n) is 2.90. The van der Waals surface area contributed by atoms with E-state index in [4.69, 9.17) is 9.47 Å². The van der Waals surface area contributed by atoms with Gasteiger partial charge in [0.1, 0.15) is 11.5 Å². The standard InChI is InChI=1S/C17H27NO2.ClH/c1-4-13-10-17(20-6-3)15(11-16(13)19-5-2)14-8-7-9-18-12-14;/h10-11,14,18H,4-9,12H2,1-3H3;1H. The highest BCUT2D eigenvalue weighted by atomic mass is 35.5. The highest BCUT2D eigenvalue weighted by Crippen LogP contribution is 2.36. The van der Waals surface area contributed by atoms with Gasteiger partial charge in [0.15, 0.2) is 0 Å². The average Bonchev–Trinajstić information content (AvgIpc) is 2.49. The number of nitrogens with one attached hydrogen (secondary N) is 1. The van der Waals surface area contributed by atoms with Crippen molar-refractivity contribution in [2.45, 2.75) is 46.0 Å². The molecule has 0 spiro atoms. The van der Waals surface area contributed by atoms with E-state index in [0.29, 0.717) is 19.1 Å². The quantitative estimate of drug-likeness (QED) is 0.863. The van der Waals surface area contributed by atoms with Crippen LogP contribution in [-0.4, -0.2) is 26.3 Å². The summed E-state index contributed by atoms with van der Waals surface area (Å²) in [6, 6.07) is 4.39. The van der Waals surface area contributed by atoms with Crippen molar-refractivity contribution in [3.05, 3.63) is 23.3 Å². The molecule has 0 amide bonds. The van der Waals surface area contributed by atoms with Gasteiger partial charge in [-0.1, -0.05) is 6.92 Å². The number of hydrogen-bond acceptors (Lipinski definition) is 3. The van der Waals surface area contributed by atoms with Crippen molar-refractivity contribution in [1.82, 2.24) is 5.32 Å². The van der Waals surface area contributed by atoms with E-state index in [2.05, 4.69) is 24.4 Å². The smallest absolute Gasteiger partial charge is 0.123 e. The van der Waals surface area contributed by atoms with E-state index in [1.807, 2.05) is 13.8 Å². The Bertz CT molecular complexity index is 431. The number of piperidine rings is 1. The molecule has 0 radical (unpaired) electrons. The second-order valence-corrected chi connectivity index (χ2v) is 5.26. The molecule has 1 heterocycles. The topological polar surface area (TPSA) is 30.5 Å². The number of aryl methyl sites for hydroxylation is 1. The minimum absolute atomic E-state index is 0. The second-order valence-electron chi connectivity index (χ2n) is 5.26. The minimum atomic E-state index is 0. The Labute approximate surface area is 134 Å². The molecule has 1 unspecified atom stereocenters. The van der Waals surface area contributed by atoms with Crippen molar-refractivity contribution in [3.63, 3.8) is 0 Å². The maximum absolute atomic E-state index is 5.88. The molecule has 120 valence electrons. The van der Waals surface area contributed by atoms with E-state index in [0.717, 1.165) is 31.0 Å². The summed E-state index contributed by atoms with van der Waals surface area (Å²) in [5.41, 5.74) is 2.54. The van der Waals surface area contributed by atoms with Gasteiger partial charge in [0.2, 0.25) is 0 Å². The largest absolute Gasteiger partial charge is 0.494 e. The van der Waals surface area contributed by atoms with Crippen molar-refractivity contribution >= 4 is 12.4 Å². The molecule has 3 nitrogen and oxygen atoms in total. The van der Waals surface area contributed by atoms with Crippen LogP contribution in [0.4, 0.5) is 0 Å². The Morgan fingerprint density at radius 2 is 1.81 bits per heavy atom. The Hall–Kier alpha value is -0.930. The first kappa shape index (κ1) is 18.1. The van der Waals surface area contributed by atoms with Gasteiger partial charge in [-0.05, 0) is 57.4 Å². The van der Waals surface area contributed by atoms with Gasteiger partial charge in [0.25, 0.3) is 0 Å². The molecular formula is C17H28ClNO2. The lowest BCUT2D eigenvalue weighted by atomic mass is 9.89. The molecule has 1 saturated heterocycles. The zero-order valence-electron chi connectivity index (χ0n) is 13.4. The van der Waals surface area contributed by atoms with Crippen LogP contribution in [0.3, 0.4) is 0 Å². The predicted molar refractivity (Wildman–Crippen MR) is 90.3 cm³/mol. The van der Waals surface area contributed by atoms with Crippen LogP contribution in [0.15, 0.2) is 12.1 Å². The summed E-state index contributed by atoms with van der Waals surface area (Å²) in [7, 11) is 0. The maximum Gasteiger partial charge on any atom is 0.123 e. The first-order chi connectivity index (χ1) is 9.80. The van der Waals surface area contributed by atoms with Crippen LogP contribution in [0.2, 0.25) is 0 Å². The Kier molecular flexibility index (Phi) is 7.91. The molecule has 1 N–H and O–H groups in total. The number of halogens is 1. The lowest BCUT2D eigenvalue weighted by Gasteiger charge is -2.26. The summed E-state index contributed by atoms with van der Waals surface area (Å²) in [5.74, 6) is 2.61. The highest BCUT2D eigenvalue weighted by Gasteiger charge is 2.21. The SMILES string of the molecule is CCOc1cc(C2CCCNC2)c(OCC)cc1CC.Cl. The zero-order valence-corrected chi connectivity index (χ0v) is 14.2. The van der Waals surface area contributed by atoms with E-state index >= 15 is 0 Å². The van der Waals surface area contributed by atoms with Gasteiger partial charge in [0, 0.05) is 18.0 Å². The fraction of sp³-hybridized carbons (Fsp3) is 0.647. The Morgan fingerprint density at radius 3 is 2.38 bits per heavy atom. The zero-order chi connectivity index (χ0) is 14.4. The normalized spacial score (nSPS) is 18.0. The van der Waals surface area contributed by atoms with Crippen LogP contribution in [-0.2, 0) is 6.42 Å². The lowest BCUT2D eigenvalue weighted by Crippen LogP contribution is -2.28. The van der Waals surface area contributed by atoms with Crippen LogP contribution in [0.5, 0.6) is 11.5 Å². The molecule has 2 rings (SSSR count). The summed E-state index contributed by atoms with van der Waals surface area (Å²) in [6.07, 6.45) is 3.43. The van der Waals surface area contributed by atoms with Crippen molar-refractivity contribution in [3.8, 4) is 11.5 Å². The van der Waals surface area contributed by atoms with Crippen LogP contribution in [0.25, 0.3) is 0 Å². The van der Waals surface area contributed by atoms with E-state index in [9.17, 15) is 0 Å². The van der Waals surface area contributed by atoms with Gasteiger partial charge >= 0.3 is 0 Å². The molecule has 1 aromatic rings. The lowest BCUT2D eigenvalue weighted by molar-refractivity contribution is 0.319. The molecule has 0 saturated carbocycles. The van der Waals surface area contributed by atoms with Crippen molar-refractivity contribution in [1.29, 1.82) is 0 Å². The van der Waals surface area contributed by atoms with Crippen LogP contribution in [0.1, 0.15) is 50.7 Å². The minimum Gasteiger partial charge on any atom is -0.494 e. The van der Waals surface area contributed by atoms with Gasteiger partial charge in [-0.3, -0.25) is 0 Å². The molecule has 21 heavy (non-hydrogen) atoms. The summed E-state index contributed by atoms with van der Waals surface area (Å²) < 4.78 is 11.7. The van der Waals surface area contributed by atoms with E-state index < -0.39 is 0 Å². The third-order valence-electron chi connectivity index (χ3n) is 3.91. The Morgan fingerprint density at radius 1 is 1.10 bits per heavy atom. The molecular weight excluding hydrogens is 286 g/mol. The van der Waals surface area contributed by atoms with E-state index in [1.54, 1.807) is 0 Å². The van der Waals surface area contributed by atoms with Gasteiger partial charge in [-0.15, -0.1) is 12.4 Å².